The fraction of sp³-hybridized carbons (Fsp3) is 0.167. The highest BCUT2D eigenvalue weighted by Gasteiger charge is 2.16. The molecule has 1 heterocycles. The van der Waals surface area contributed by atoms with Gasteiger partial charge in [-0.15, -0.1) is 0 Å². The Bertz CT molecular complexity index is 1240. The van der Waals surface area contributed by atoms with Crippen LogP contribution < -0.4 is 10.4 Å². The van der Waals surface area contributed by atoms with Crippen molar-refractivity contribution in [3.63, 3.8) is 0 Å². The third-order valence-electron chi connectivity index (χ3n) is 4.79. The second-order valence-corrected chi connectivity index (χ2v) is 7.81. The van der Waals surface area contributed by atoms with Crippen molar-refractivity contribution in [1.82, 2.24) is 0 Å². The maximum Gasteiger partial charge on any atom is 0.344 e. The molecule has 0 saturated heterocycles. The van der Waals surface area contributed by atoms with E-state index < -0.39 is 11.6 Å². The van der Waals surface area contributed by atoms with Gasteiger partial charge in [0, 0.05) is 11.5 Å². The van der Waals surface area contributed by atoms with Crippen LogP contribution in [-0.4, -0.2) is 5.97 Å². The third kappa shape index (κ3) is 3.29. The fourth-order valence-corrected chi connectivity index (χ4v) is 3.20. The van der Waals surface area contributed by atoms with Crippen LogP contribution in [0.5, 0.6) is 5.75 Å². The molecule has 0 fully saturated rings. The van der Waals surface area contributed by atoms with Gasteiger partial charge in [-0.1, -0.05) is 51.1 Å². The zero-order valence-electron chi connectivity index (χ0n) is 16.0. The highest BCUT2D eigenvalue weighted by Crippen LogP contribution is 2.27. The summed E-state index contributed by atoms with van der Waals surface area (Å²) in [6.07, 6.45) is 0. The molecule has 1 aromatic heterocycles. The van der Waals surface area contributed by atoms with E-state index >= 15 is 0 Å². The smallest absolute Gasteiger partial charge is 0.344 e. The second-order valence-electron chi connectivity index (χ2n) is 7.81. The topological polar surface area (TPSA) is 56.5 Å². The number of hydrogen-bond acceptors (Lipinski definition) is 4. The maximum absolute atomic E-state index is 12.5. The van der Waals surface area contributed by atoms with Crippen LogP contribution in [0.2, 0.25) is 0 Å². The van der Waals surface area contributed by atoms with Gasteiger partial charge in [0.05, 0.1) is 10.9 Å². The molecule has 4 rings (SSSR count). The van der Waals surface area contributed by atoms with Gasteiger partial charge in [-0.25, -0.2) is 9.59 Å². The van der Waals surface area contributed by atoms with Gasteiger partial charge in [0.25, 0.3) is 0 Å². The Morgan fingerprint density at radius 2 is 1.54 bits per heavy atom. The lowest BCUT2D eigenvalue weighted by atomic mass is 9.87. The first kappa shape index (κ1) is 18.0. The van der Waals surface area contributed by atoms with E-state index in [9.17, 15) is 9.59 Å². The number of carbonyl (C=O) groups excluding carboxylic acids is 1. The molecule has 0 aliphatic carbocycles. The largest absolute Gasteiger partial charge is 0.423 e. The van der Waals surface area contributed by atoms with Gasteiger partial charge in [-0.05, 0) is 46.7 Å². The quantitative estimate of drug-likeness (QED) is 0.203. The number of rotatable bonds is 2. The zero-order valence-corrected chi connectivity index (χ0v) is 16.0. The van der Waals surface area contributed by atoms with Gasteiger partial charge in [-0.3, -0.25) is 0 Å². The molecule has 0 unspecified atom stereocenters. The van der Waals surface area contributed by atoms with E-state index in [1.807, 2.05) is 24.3 Å². The molecule has 0 radical (unpaired) electrons. The summed E-state index contributed by atoms with van der Waals surface area (Å²) in [6, 6.07) is 19.7. The molecule has 0 aliphatic heterocycles. The first-order chi connectivity index (χ1) is 13.3. The summed E-state index contributed by atoms with van der Waals surface area (Å²) in [5, 5.41) is 2.13. The van der Waals surface area contributed by atoms with Crippen molar-refractivity contribution >= 4 is 27.7 Å². The van der Waals surface area contributed by atoms with Crippen LogP contribution in [-0.2, 0) is 5.41 Å². The molecule has 140 valence electrons. The summed E-state index contributed by atoms with van der Waals surface area (Å²) in [4.78, 5) is 24.7. The molecule has 0 saturated carbocycles. The molecule has 0 spiro atoms. The predicted molar refractivity (Wildman–Crippen MR) is 110 cm³/mol. The standard InChI is InChI=1S/C24H20O4/c1-24(2,3)16-10-8-15(9-11-16)22(25)27-17-12-13-19-18-6-4-5-7-20(18)23(26)28-21(19)14-17/h4-14H,1-3H3. The highest BCUT2D eigenvalue weighted by molar-refractivity contribution is 6.04. The first-order valence-electron chi connectivity index (χ1n) is 9.11. The Labute approximate surface area is 162 Å². The molecule has 0 bridgehead atoms. The average Bonchev–Trinajstić information content (AvgIpc) is 2.67. The molecule has 4 heteroatoms. The molecule has 0 aliphatic rings. The van der Waals surface area contributed by atoms with Crippen LogP contribution in [0.3, 0.4) is 0 Å². The van der Waals surface area contributed by atoms with Crippen LogP contribution in [0.4, 0.5) is 0 Å². The first-order valence-corrected chi connectivity index (χ1v) is 9.11. The summed E-state index contributed by atoms with van der Waals surface area (Å²) < 4.78 is 10.9. The Kier molecular flexibility index (Phi) is 4.27. The molecule has 0 N–H and O–H groups in total. The van der Waals surface area contributed by atoms with E-state index in [4.69, 9.17) is 9.15 Å². The lowest BCUT2D eigenvalue weighted by molar-refractivity contribution is 0.0735. The van der Waals surface area contributed by atoms with Gasteiger partial charge in [0.1, 0.15) is 11.3 Å². The Balaban J connectivity index is 1.65. The molecule has 28 heavy (non-hydrogen) atoms. The minimum Gasteiger partial charge on any atom is -0.423 e. The van der Waals surface area contributed by atoms with Crippen molar-refractivity contribution in [1.29, 1.82) is 0 Å². The minimum absolute atomic E-state index is 0.0150. The lowest BCUT2D eigenvalue weighted by Gasteiger charge is -2.18. The van der Waals surface area contributed by atoms with Crippen molar-refractivity contribution in [3.05, 3.63) is 88.3 Å². The molecule has 4 nitrogen and oxygen atoms in total. The summed E-state index contributed by atoms with van der Waals surface area (Å²) in [5.74, 6) is -0.126. The molecule has 0 atom stereocenters. The summed E-state index contributed by atoms with van der Waals surface area (Å²) in [5.41, 5.74) is 1.60. The summed E-state index contributed by atoms with van der Waals surface area (Å²) in [7, 11) is 0. The van der Waals surface area contributed by atoms with Crippen molar-refractivity contribution in [2.45, 2.75) is 26.2 Å². The van der Waals surface area contributed by atoms with Crippen molar-refractivity contribution in [2.24, 2.45) is 0 Å². The number of benzene rings is 3. The maximum atomic E-state index is 12.5. The van der Waals surface area contributed by atoms with Gasteiger partial charge >= 0.3 is 11.6 Å². The van der Waals surface area contributed by atoms with Crippen LogP contribution in [0.15, 0.2) is 75.9 Å². The van der Waals surface area contributed by atoms with E-state index in [1.165, 1.54) is 0 Å². The molecule has 3 aromatic carbocycles. The zero-order chi connectivity index (χ0) is 19.9. The van der Waals surface area contributed by atoms with Crippen LogP contribution in [0, 0.1) is 0 Å². The van der Waals surface area contributed by atoms with E-state index in [1.54, 1.807) is 42.5 Å². The van der Waals surface area contributed by atoms with Crippen molar-refractivity contribution in [3.8, 4) is 5.75 Å². The van der Waals surface area contributed by atoms with Gasteiger partial charge in [0.2, 0.25) is 0 Å². The number of carbonyl (C=O) groups is 1. The molecular weight excluding hydrogens is 352 g/mol. The van der Waals surface area contributed by atoms with E-state index in [0.29, 0.717) is 22.3 Å². The highest BCUT2D eigenvalue weighted by atomic mass is 16.5. The SMILES string of the molecule is CC(C)(C)c1ccc(C(=O)Oc2ccc3c(c2)oc(=O)c2ccccc23)cc1. The third-order valence-corrected chi connectivity index (χ3v) is 4.79. The van der Waals surface area contributed by atoms with Crippen LogP contribution in [0.1, 0.15) is 36.7 Å². The Morgan fingerprint density at radius 3 is 2.21 bits per heavy atom. The van der Waals surface area contributed by atoms with E-state index in [-0.39, 0.29) is 5.41 Å². The fourth-order valence-electron chi connectivity index (χ4n) is 3.20. The molecule has 0 amide bonds. The van der Waals surface area contributed by atoms with Gasteiger partial charge in [0.15, 0.2) is 0 Å². The minimum atomic E-state index is -0.456. The monoisotopic (exact) mass is 372 g/mol. The number of fused-ring (bicyclic) bond motifs is 3. The molecular formula is C24H20O4. The van der Waals surface area contributed by atoms with E-state index in [0.717, 1.165) is 16.3 Å². The van der Waals surface area contributed by atoms with Crippen molar-refractivity contribution in [2.75, 3.05) is 0 Å². The summed E-state index contributed by atoms with van der Waals surface area (Å²) in [6.45, 7) is 6.35. The summed E-state index contributed by atoms with van der Waals surface area (Å²) >= 11 is 0. The Hall–Kier alpha value is -3.40. The van der Waals surface area contributed by atoms with Crippen LogP contribution >= 0.6 is 0 Å². The second kappa shape index (κ2) is 6.64. The van der Waals surface area contributed by atoms with Crippen LogP contribution in [0.25, 0.3) is 21.7 Å². The van der Waals surface area contributed by atoms with Gasteiger partial charge in [-0.2, -0.15) is 0 Å². The lowest BCUT2D eigenvalue weighted by Crippen LogP contribution is -2.13. The average molecular weight is 372 g/mol. The Morgan fingerprint density at radius 1 is 0.857 bits per heavy atom. The molecule has 4 aromatic rings. The van der Waals surface area contributed by atoms with E-state index in [2.05, 4.69) is 20.8 Å². The van der Waals surface area contributed by atoms with Crippen molar-refractivity contribution < 1.29 is 13.9 Å². The number of hydrogen-bond donors (Lipinski definition) is 0. The predicted octanol–water partition coefficient (Wildman–Crippen LogP) is 5.46. The number of esters is 1. The van der Waals surface area contributed by atoms with Gasteiger partial charge < -0.3 is 9.15 Å². The number of ether oxygens (including phenoxy) is 1. The normalized spacial score (nSPS) is 11.7.